The molecule has 0 aliphatic rings. The van der Waals surface area contributed by atoms with Crippen LogP contribution in [0.25, 0.3) is 11.0 Å². The summed E-state index contributed by atoms with van der Waals surface area (Å²) in [6.45, 7) is 4.88. The van der Waals surface area contributed by atoms with Crippen LogP contribution in [0.15, 0.2) is 12.1 Å². The average Bonchev–Trinajstić information content (AvgIpc) is 2.78. The molecule has 0 unspecified atom stereocenters. The summed E-state index contributed by atoms with van der Waals surface area (Å²) in [5.41, 5.74) is -1.83. The highest BCUT2D eigenvalue weighted by Crippen LogP contribution is 2.31. The summed E-state index contributed by atoms with van der Waals surface area (Å²) in [6.07, 6.45) is -5.63. The maximum atomic E-state index is 12.7. The molecule has 1 amide bonds. The van der Waals surface area contributed by atoms with Gasteiger partial charge in [0.1, 0.15) is 5.60 Å². The van der Waals surface area contributed by atoms with Gasteiger partial charge in [-0.3, -0.25) is 5.32 Å². The number of ether oxygens (including phenoxy) is 1. The van der Waals surface area contributed by atoms with E-state index in [0.717, 1.165) is 12.1 Å². The van der Waals surface area contributed by atoms with E-state index in [1.54, 1.807) is 20.8 Å². The quantitative estimate of drug-likeness (QED) is 0.771. The zero-order chi connectivity index (χ0) is 18.3. The number of halogens is 3. The van der Waals surface area contributed by atoms with Crippen molar-refractivity contribution >= 4 is 28.8 Å². The van der Waals surface area contributed by atoms with Crippen molar-refractivity contribution in [2.75, 3.05) is 5.32 Å². The summed E-state index contributed by atoms with van der Waals surface area (Å²) in [5, 5.41) is 11.4. The van der Waals surface area contributed by atoms with Crippen LogP contribution in [-0.4, -0.2) is 32.7 Å². The molecule has 2 rings (SSSR count). The number of imidazole rings is 1. The molecule has 0 saturated carbocycles. The minimum absolute atomic E-state index is 0.0469. The van der Waals surface area contributed by atoms with E-state index >= 15 is 0 Å². The highest BCUT2D eigenvalue weighted by Gasteiger charge is 2.35. The molecule has 0 aliphatic carbocycles. The van der Waals surface area contributed by atoms with Crippen LogP contribution < -0.4 is 5.32 Å². The fraction of sp³-hybridized carbons (Fsp3) is 0.357. The molecular weight excluding hydrogens is 331 g/mol. The number of alkyl halides is 3. The van der Waals surface area contributed by atoms with Gasteiger partial charge in [-0.15, -0.1) is 0 Å². The van der Waals surface area contributed by atoms with E-state index in [0.29, 0.717) is 0 Å². The average molecular weight is 345 g/mol. The Hall–Kier alpha value is -2.78. The van der Waals surface area contributed by atoms with Crippen LogP contribution in [0.3, 0.4) is 0 Å². The number of anilines is 1. The van der Waals surface area contributed by atoms with Gasteiger partial charge in [-0.05, 0) is 32.9 Å². The lowest BCUT2D eigenvalue weighted by Gasteiger charge is -2.19. The number of H-pyrrole nitrogens is 1. The van der Waals surface area contributed by atoms with Gasteiger partial charge in [0, 0.05) is 5.69 Å². The number of aromatic amines is 1. The zero-order valence-corrected chi connectivity index (χ0v) is 12.9. The molecular formula is C14H14F3N3O4. The Morgan fingerprint density at radius 2 is 1.88 bits per heavy atom. The number of carbonyl (C=O) groups is 2. The Kier molecular flexibility index (Phi) is 4.17. The molecule has 1 aromatic carbocycles. The number of carbonyl (C=O) groups excluding carboxylic acids is 1. The van der Waals surface area contributed by atoms with E-state index in [1.165, 1.54) is 0 Å². The van der Waals surface area contributed by atoms with Crippen LogP contribution in [0.5, 0.6) is 0 Å². The van der Waals surface area contributed by atoms with E-state index in [4.69, 9.17) is 9.84 Å². The van der Waals surface area contributed by atoms with Gasteiger partial charge < -0.3 is 14.8 Å². The molecule has 0 bridgehead atoms. The van der Waals surface area contributed by atoms with Crippen molar-refractivity contribution in [1.29, 1.82) is 0 Å². The van der Waals surface area contributed by atoms with Crippen molar-refractivity contribution < 1.29 is 32.6 Å². The van der Waals surface area contributed by atoms with Gasteiger partial charge >= 0.3 is 18.2 Å². The maximum absolute atomic E-state index is 12.7. The minimum atomic E-state index is -4.76. The molecule has 130 valence electrons. The van der Waals surface area contributed by atoms with Gasteiger partial charge in [0.2, 0.25) is 5.82 Å². The Bertz CT molecular complexity index is 806. The summed E-state index contributed by atoms with van der Waals surface area (Å²) in [7, 11) is 0. The third-order valence-electron chi connectivity index (χ3n) is 2.74. The SMILES string of the molecule is CC(C)(C)OC(=O)Nc1cc(C(=O)O)c2[nH]c(C(F)(F)F)nc2c1. The Morgan fingerprint density at radius 3 is 2.38 bits per heavy atom. The summed E-state index contributed by atoms with van der Waals surface area (Å²) in [4.78, 5) is 28.3. The third kappa shape index (κ3) is 3.94. The van der Waals surface area contributed by atoms with Crippen molar-refractivity contribution in [3.8, 4) is 0 Å². The molecule has 7 nitrogen and oxygen atoms in total. The van der Waals surface area contributed by atoms with Gasteiger partial charge in [0.05, 0.1) is 16.6 Å². The fourth-order valence-corrected chi connectivity index (χ4v) is 1.91. The van der Waals surface area contributed by atoms with Crippen molar-refractivity contribution in [1.82, 2.24) is 9.97 Å². The molecule has 2 aromatic rings. The highest BCUT2D eigenvalue weighted by molar-refractivity contribution is 6.03. The Balaban J connectivity index is 2.46. The lowest BCUT2D eigenvalue weighted by molar-refractivity contribution is -0.144. The molecule has 0 spiro atoms. The summed E-state index contributed by atoms with van der Waals surface area (Å²) in [5.74, 6) is -2.79. The zero-order valence-electron chi connectivity index (χ0n) is 12.9. The van der Waals surface area contributed by atoms with Crippen molar-refractivity contribution in [2.24, 2.45) is 0 Å². The van der Waals surface area contributed by atoms with Gasteiger partial charge in [0.15, 0.2) is 0 Å². The molecule has 1 aromatic heterocycles. The summed E-state index contributed by atoms with van der Waals surface area (Å²) < 4.78 is 43.2. The normalized spacial score (nSPS) is 12.2. The van der Waals surface area contributed by atoms with Crippen molar-refractivity contribution in [3.05, 3.63) is 23.5 Å². The summed E-state index contributed by atoms with van der Waals surface area (Å²) in [6, 6.07) is 2.14. The van der Waals surface area contributed by atoms with Gasteiger partial charge in [-0.1, -0.05) is 0 Å². The van der Waals surface area contributed by atoms with Crippen LogP contribution in [0, 0.1) is 0 Å². The van der Waals surface area contributed by atoms with E-state index < -0.39 is 35.2 Å². The first-order valence-electron chi connectivity index (χ1n) is 6.71. The van der Waals surface area contributed by atoms with Crippen LogP contribution in [-0.2, 0) is 10.9 Å². The fourth-order valence-electron chi connectivity index (χ4n) is 1.91. The maximum Gasteiger partial charge on any atom is 0.449 e. The third-order valence-corrected chi connectivity index (χ3v) is 2.74. The number of nitrogens with one attached hydrogen (secondary N) is 2. The smallest absolute Gasteiger partial charge is 0.449 e. The molecule has 10 heteroatoms. The van der Waals surface area contributed by atoms with Crippen LogP contribution in [0.2, 0.25) is 0 Å². The topological polar surface area (TPSA) is 104 Å². The number of aromatic nitrogens is 2. The number of rotatable bonds is 2. The Labute approximate surface area is 133 Å². The highest BCUT2D eigenvalue weighted by atomic mass is 19.4. The van der Waals surface area contributed by atoms with E-state index in [2.05, 4.69) is 10.3 Å². The predicted molar refractivity (Wildman–Crippen MR) is 77.9 cm³/mol. The first-order chi connectivity index (χ1) is 10.9. The molecule has 0 atom stereocenters. The lowest BCUT2D eigenvalue weighted by Crippen LogP contribution is -2.27. The van der Waals surface area contributed by atoms with Crippen LogP contribution in [0.4, 0.5) is 23.7 Å². The van der Waals surface area contributed by atoms with Gasteiger partial charge in [-0.2, -0.15) is 13.2 Å². The van der Waals surface area contributed by atoms with Crippen molar-refractivity contribution in [2.45, 2.75) is 32.5 Å². The van der Waals surface area contributed by atoms with Gasteiger partial charge in [0.25, 0.3) is 0 Å². The first kappa shape index (κ1) is 17.6. The molecule has 24 heavy (non-hydrogen) atoms. The second kappa shape index (κ2) is 5.69. The number of fused-ring (bicyclic) bond motifs is 1. The number of carboxylic acid groups (broad SMARTS) is 1. The molecule has 3 N–H and O–H groups in total. The standard InChI is InChI=1S/C14H14F3N3O4/c1-13(2,3)24-12(23)18-6-4-7(10(21)22)9-8(5-6)19-11(20-9)14(15,16)17/h4-5H,1-3H3,(H,18,23)(H,19,20)(H,21,22). The molecule has 0 saturated heterocycles. The first-order valence-corrected chi connectivity index (χ1v) is 6.71. The lowest BCUT2D eigenvalue weighted by atomic mass is 10.1. The summed E-state index contributed by atoms with van der Waals surface area (Å²) >= 11 is 0. The molecule has 0 radical (unpaired) electrons. The number of carboxylic acids is 1. The number of hydrogen-bond acceptors (Lipinski definition) is 4. The largest absolute Gasteiger partial charge is 0.478 e. The van der Waals surface area contributed by atoms with Crippen molar-refractivity contribution in [3.63, 3.8) is 0 Å². The molecule has 1 heterocycles. The molecule has 0 fully saturated rings. The predicted octanol–water partition coefficient (Wildman–Crippen LogP) is 3.63. The van der Waals surface area contributed by atoms with Crippen LogP contribution in [0.1, 0.15) is 37.0 Å². The van der Waals surface area contributed by atoms with Gasteiger partial charge in [-0.25, -0.2) is 14.6 Å². The minimum Gasteiger partial charge on any atom is -0.478 e. The van der Waals surface area contributed by atoms with E-state index in [9.17, 15) is 22.8 Å². The number of nitrogens with zero attached hydrogens (tertiary/aromatic N) is 1. The number of benzene rings is 1. The number of hydrogen-bond donors (Lipinski definition) is 3. The second-order valence-electron chi connectivity index (χ2n) is 5.93. The van der Waals surface area contributed by atoms with E-state index in [-0.39, 0.29) is 16.7 Å². The second-order valence-corrected chi connectivity index (χ2v) is 5.93. The monoisotopic (exact) mass is 345 g/mol. The van der Waals surface area contributed by atoms with E-state index in [1.807, 2.05) is 4.98 Å². The number of aromatic carboxylic acids is 1. The Morgan fingerprint density at radius 1 is 1.25 bits per heavy atom. The number of amides is 1. The molecule has 0 aliphatic heterocycles. The van der Waals surface area contributed by atoms with Crippen LogP contribution >= 0.6 is 0 Å².